The van der Waals surface area contributed by atoms with Gasteiger partial charge in [-0.25, -0.2) is 0 Å². The third-order valence-electron chi connectivity index (χ3n) is 2.33. The molecule has 0 bridgehead atoms. The second kappa shape index (κ2) is 7.02. The van der Waals surface area contributed by atoms with Crippen LogP contribution in [0.2, 0.25) is 0 Å². The molecule has 1 heterocycles. The molecule has 100 valence electrons. The lowest BCUT2D eigenvalue weighted by molar-refractivity contribution is -0.136. The number of hydrogen-bond donors (Lipinski definition) is 2. The highest BCUT2D eigenvalue weighted by Gasteiger charge is 2.09. The summed E-state index contributed by atoms with van der Waals surface area (Å²) < 4.78 is 6.50. The van der Waals surface area contributed by atoms with Crippen LogP contribution in [0.3, 0.4) is 0 Å². The number of carbonyl (C=O) groups is 1. The largest absolute Gasteiger partial charge is 0.481 e. The fourth-order valence-electron chi connectivity index (χ4n) is 1.43. The maximum atomic E-state index is 12.0. The first-order valence-corrected chi connectivity index (χ1v) is 5.86. The monoisotopic (exact) mass is 273 g/mol. The Labute approximate surface area is 108 Å². The zero-order valence-electron chi connectivity index (χ0n) is 10.0. The zero-order valence-corrected chi connectivity index (χ0v) is 10.8. The molecule has 18 heavy (non-hydrogen) atoms. The third-order valence-corrected chi connectivity index (χ3v) is 2.64. The van der Waals surface area contributed by atoms with Crippen molar-refractivity contribution in [3.05, 3.63) is 20.8 Å². The number of aromatic nitrogens is 3. The molecule has 0 aliphatic heterocycles. The van der Waals surface area contributed by atoms with Gasteiger partial charge in [-0.2, -0.15) is 5.10 Å². The smallest absolute Gasteiger partial charge is 0.303 e. The fraction of sp³-hybridized carbons (Fsp3) is 0.600. The predicted molar refractivity (Wildman–Crippen MR) is 66.1 cm³/mol. The lowest BCUT2D eigenvalue weighted by Crippen LogP contribution is -2.28. The van der Waals surface area contributed by atoms with Crippen LogP contribution in [0.25, 0.3) is 0 Å². The van der Waals surface area contributed by atoms with Crippen LogP contribution in [-0.4, -0.2) is 39.6 Å². The summed E-state index contributed by atoms with van der Waals surface area (Å²) in [5.74, 6) is -0.968. The van der Waals surface area contributed by atoms with Crippen LogP contribution >= 0.6 is 12.2 Å². The number of methoxy groups -OCH3 is 1. The molecular formula is C10H15N3O4S. The molecule has 0 aliphatic carbocycles. The molecule has 1 aromatic rings. The first-order chi connectivity index (χ1) is 8.56. The zero-order chi connectivity index (χ0) is 13.5. The Morgan fingerprint density at radius 3 is 2.94 bits per heavy atom. The summed E-state index contributed by atoms with van der Waals surface area (Å²) in [4.78, 5) is 22.4. The molecule has 0 aliphatic rings. The molecule has 2 N–H and O–H groups in total. The van der Waals surface area contributed by atoms with E-state index in [-0.39, 0.29) is 28.9 Å². The van der Waals surface area contributed by atoms with Gasteiger partial charge < -0.3 is 9.84 Å². The van der Waals surface area contributed by atoms with Crippen molar-refractivity contribution in [1.29, 1.82) is 0 Å². The van der Waals surface area contributed by atoms with Crippen LogP contribution in [0.1, 0.15) is 18.5 Å². The van der Waals surface area contributed by atoms with Crippen LogP contribution in [0.15, 0.2) is 4.79 Å². The Morgan fingerprint density at radius 1 is 1.61 bits per heavy atom. The van der Waals surface area contributed by atoms with E-state index in [2.05, 4.69) is 10.2 Å². The molecule has 8 heteroatoms. The molecule has 1 rings (SSSR count). The van der Waals surface area contributed by atoms with Crippen LogP contribution in [0, 0.1) is 4.77 Å². The van der Waals surface area contributed by atoms with Crippen molar-refractivity contribution in [1.82, 2.24) is 14.8 Å². The number of rotatable bonds is 7. The van der Waals surface area contributed by atoms with Crippen molar-refractivity contribution in [2.24, 2.45) is 0 Å². The highest BCUT2D eigenvalue weighted by Crippen LogP contribution is 1.95. The van der Waals surface area contributed by atoms with Gasteiger partial charge in [0.15, 0.2) is 4.77 Å². The number of H-pyrrole nitrogens is 1. The second-order valence-electron chi connectivity index (χ2n) is 3.67. The number of aryl methyl sites for hydroxylation is 1. The average Bonchev–Trinajstić information content (AvgIpc) is 2.32. The van der Waals surface area contributed by atoms with Gasteiger partial charge in [-0.05, 0) is 18.6 Å². The summed E-state index contributed by atoms with van der Waals surface area (Å²) in [7, 11) is 1.58. The third kappa shape index (κ3) is 4.04. The van der Waals surface area contributed by atoms with E-state index in [1.54, 1.807) is 7.11 Å². The molecule has 0 spiro atoms. The van der Waals surface area contributed by atoms with E-state index in [4.69, 9.17) is 22.1 Å². The van der Waals surface area contributed by atoms with E-state index < -0.39 is 5.97 Å². The van der Waals surface area contributed by atoms with Crippen molar-refractivity contribution >= 4 is 18.2 Å². The highest BCUT2D eigenvalue weighted by atomic mass is 32.1. The highest BCUT2D eigenvalue weighted by molar-refractivity contribution is 7.71. The normalized spacial score (nSPS) is 10.5. The Hall–Kier alpha value is -1.54. The molecule has 0 saturated heterocycles. The number of carboxylic acid groups (broad SMARTS) is 1. The number of aromatic amines is 1. The van der Waals surface area contributed by atoms with E-state index in [1.165, 1.54) is 4.57 Å². The summed E-state index contributed by atoms with van der Waals surface area (Å²) in [6, 6.07) is 0. The number of aliphatic carboxylic acids is 1. The summed E-state index contributed by atoms with van der Waals surface area (Å²) in [6.07, 6.45) is 0.603. The lowest BCUT2D eigenvalue weighted by atomic mass is 10.2. The number of nitrogens with one attached hydrogen (secondary N) is 1. The van der Waals surface area contributed by atoms with E-state index in [9.17, 15) is 9.59 Å². The second-order valence-corrected chi connectivity index (χ2v) is 4.06. The molecule has 0 fully saturated rings. The molecule has 0 atom stereocenters. The maximum absolute atomic E-state index is 12.0. The quantitative estimate of drug-likeness (QED) is 0.550. The molecule has 0 amide bonds. The van der Waals surface area contributed by atoms with Crippen LogP contribution in [-0.2, 0) is 22.5 Å². The van der Waals surface area contributed by atoms with Crippen molar-refractivity contribution < 1.29 is 14.6 Å². The van der Waals surface area contributed by atoms with Gasteiger partial charge in [0, 0.05) is 26.7 Å². The first kappa shape index (κ1) is 14.5. The number of ether oxygens (including phenoxy) is 1. The van der Waals surface area contributed by atoms with Gasteiger partial charge in [0.25, 0.3) is 5.56 Å². The predicted octanol–water partition coefficient (Wildman–Crippen LogP) is 0.355. The Morgan fingerprint density at radius 2 is 2.33 bits per heavy atom. The van der Waals surface area contributed by atoms with Crippen molar-refractivity contribution in [3.63, 3.8) is 0 Å². The van der Waals surface area contributed by atoms with E-state index in [0.717, 1.165) is 0 Å². The topological polar surface area (TPSA) is 97.2 Å². The van der Waals surface area contributed by atoms with E-state index >= 15 is 0 Å². The minimum atomic E-state index is -0.968. The van der Waals surface area contributed by atoms with Crippen molar-refractivity contribution in [2.45, 2.75) is 25.8 Å². The van der Waals surface area contributed by atoms with Crippen LogP contribution in [0.5, 0.6) is 0 Å². The number of hydrogen-bond acceptors (Lipinski definition) is 5. The molecule has 0 aromatic carbocycles. The van der Waals surface area contributed by atoms with Crippen molar-refractivity contribution in [3.8, 4) is 0 Å². The molecule has 0 unspecified atom stereocenters. The first-order valence-electron chi connectivity index (χ1n) is 5.45. The summed E-state index contributed by atoms with van der Waals surface area (Å²) in [5, 5.41) is 14.9. The van der Waals surface area contributed by atoms with Gasteiger partial charge in [0.05, 0.1) is 6.42 Å². The Balaban J connectivity index is 2.89. The minimum Gasteiger partial charge on any atom is -0.481 e. The molecule has 0 saturated carbocycles. The van der Waals surface area contributed by atoms with Crippen LogP contribution < -0.4 is 5.56 Å². The Bertz CT molecular complexity index is 523. The minimum absolute atomic E-state index is 0.0879. The van der Waals surface area contributed by atoms with E-state index in [1.807, 2.05) is 0 Å². The fourth-order valence-corrected chi connectivity index (χ4v) is 1.65. The van der Waals surface area contributed by atoms with Crippen molar-refractivity contribution in [2.75, 3.05) is 13.7 Å². The van der Waals surface area contributed by atoms with E-state index in [0.29, 0.717) is 19.6 Å². The molecule has 1 aromatic heterocycles. The van der Waals surface area contributed by atoms with Gasteiger partial charge in [0.2, 0.25) is 0 Å². The number of carboxylic acids is 1. The SMILES string of the molecule is COCCCn1c(=S)[nH]nc(CCC(=O)O)c1=O. The molecular weight excluding hydrogens is 258 g/mol. The lowest BCUT2D eigenvalue weighted by Gasteiger charge is -2.06. The van der Waals surface area contributed by atoms with Crippen LogP contribution in [0.4, 0.5) is 0 Å². The van der Waals surface area contributed by atoms with Gasteiger partial charge >= 0.3 is 5.97 Å². The van der Waals surface area contributed by atoms with Gasteiger partial charge in [0.1, 0.15) is 5.69 Å². The molecule has 0 radical (unpaired) electrons. The summed E-state index contributed by atoms with van der Waals surface area (Å²) >= 11 is 4.97. The standard InChI is InChI=1S/C10H15N3O4S/c1-17-6-2-5-13-9(16)7(3-4-8(14)15)11-12-10(13)18/h2-6H2,1H3,(H,12,18)(H,14,15). The van der Waals surface area contributed by atoms with Gasteiger partial charge in [-0.3, -0.25) is 19.3 Å². The Kier molecular flexibility index (Phi) is 5.66. The summed E-state index contributed by atoms with van der Waals surface area (Å²) in [5.41, 5.74) is -0.153. The summed E-state index contributed by atoms with van der Waals surface area (Å²) in [6.45, 7) is 0.943. The number of nitrogens with zero attached hydrogens (tertiary/aromatic N) is 2. The molecule has 7 nitrogen and oxygen atoms in total. The van der Waals surface area contributed by atoms with Gasteiger partial charge in [-0.1, -0.05) is 0 Å². The van der Waals surface area contributed by atoms with Gasteiger partial charge in [-0.15, -0.1) is 0 Å². The average molecular weight is 273 g/mol. The maximum Gasteiger partial charge on any atom is 0.303 e.